The minimum Gasteiger partial charge on any atom is -0.307 e. The van der Waals surface area contributed by atoms with E-state index in [0.717, 1.165) is 24.0 Å². The van der Waals surface area contributed by atoms with E-state index in [9.17, 15) is 4.79 Å². The fourth-order valence-electron chi connectivity index (χ4n) is 5.00. The molecule has 1 amide bonds. The van der Waals surface area contributed by atoms with Crippen LogP contribution in [0.15, 0.2) is 17.1 Å². The molecule has 0 aromatic carbocycles. The number of hydrogen-bond donors (Lipinski definition) is 1. The first-order valence-electron chi connectivity index (χ1n) is 13.4. The highest BCUT2D eigenvalue weighted by atomic mass is 16.1. The molecule has 1 aliphatic heterocycles. The summed E-state index contributed by atoms with van der Waals surface area (Å²) in [6, 6.07) is 0. The first-order valence-corrected chi connectivity index (χ1v) is 13.4. The van der Waals surface area contributed by atoms with Crippen LogP contribution in [-0.2, 0) is 4.79 Å². The van der Waals surface area contributed by atoms with Crippen LogP contribution in [-0.4, -0.2) is 42.0 Å². The molecule has 1 N–H and O–H groups in total. The van der Waals surface area contributed by atoms with Crippen molar-refractivity contribution in [2.24, 2.45) is 4.99 Å². The topological polar surface area (TPSA) is 41.5 Å². The Labute approximate surface area is 193 Å². The Morgan fingerprint density at radius 3 is 2.03 bits per heavy atom. The average Bonchev–Trinajstić information content (AvgIpc) is 3.17. The Morgan fingerprint density at radius 2 is 1.52 bits per heavy atom. The summed E-state index contributed by atoms with van der Waals surface area (Å²) in [5, 5.41) is 3.11. The first-order chi connectivity index (χ1) is 15.1. The monoisotopic (exact) mass is 434 g/mol. The number of unbranched alkanes of at least 4 members (excludes halogenated alkanes) is 12. The third-order valence-electron chi connectivity index (χ3n) is 7.05. The predicted molar refractivity (Wildman–Crippen MR) is 135 cm³/mol. The molecule has 4 nitrogen and oxygen atoms in total. The highest BCUT2D eigenvalue weighted by molar-refractivity contribution is 5.73. The molecule has 0 radical (unpaired) electrons. The fraction of sp³-hybridized carbons (Fsp3) is 0.852. The van der Waals surface area contributed by atoms with Gasteiger partial charge in [-0.25, -0.2) is 4.99 Å². The van der Waals surface area contributed by atoms with Crippen molar-refractivity contribution in [3.8, 4) is 0 Å². The lowest BCUT2D eigenvalue weighted by Crippen LogP contribution is -2.63. The van der Waals surface area contributed by atoms with E-state index < -0.39 is 0 Å². The van der Waals surface area contributed by atoms with Crippen molar-refractivity contribution >= 4 is 12.1 Å². The molecule has 180 valence electrons. The van der Waals surface area contributed by atoms with Crippen LogP contribution < -0.4 is 5.32 Å². The van der Waals surface area contributed by atoms with E-state index in [1.807, 2.05) is 0 Å². The molecule has 1 aliphatic rings. The van der Waals surface area contributed by atoms with Crippen molar-refractivity contribution in [3.05, 3.63) is 12.2 Å². The number of carbonyl (C=O) groups excluding carboxylic acids is 1. The van der Waals surface area contributed by atoms with E-state index in [0.29, 0.717) is 6.17 Å². The van der Waals surface area contributed by atoms with Crippen LogP contribution in [0.4, 0.5) is 0 Å². The lowest BCUT2D eigenvalue weighted by molar-refractivity contribution is -0.959. The molecule has 3 unspecified atom stereocenters. The molecule has 0 spiro atoms. The summed E-state index contributed by atoms with van der Waals surface area (Å²) >= 11 is 0. The molecule has 4 heteroatoms. The van der Waals surface area contributed by atoms with Crippen molar-refractivity contribution in [3.63, 3.8) is 0 Å². The summed E-state index contributed by atoms with van der Waals surface area (Å²) < 4.78 is 0.884. The Balaban J connectivity index is 2.00. The van der Waals surface area contributed by atoms with E-state index in [4.69, 9.17) is 4.99 Å². The summed E-state index contributed by atoms with van der Waals surface area (Å²) in [4.78, 5) is 16.3. The quantitative estimate of drug-likeness (QED) is 0.131. The van der Waals surface area contributed by atoms with Crippen molar-refractivity contribution in [1.82, 2.24) is 5.32 Å². The Morgan fingerprint density at radius 1 is 0.968 bits per heavy atom. The molecule has 3 atom stereocenters. The van der Waals surface area contributed by atoms with Gasteiger partial charge in [-0.15, -0.1) is 0 Å². The number of nitrogens with one attached hydrogen (secondary N) is 1. The number of nitrogens with zero attached hydrogens (tertiary/aromatic N) is 2. The van der Waals surface area contributed by atoms with Crippen LogP contribution in [0.2, 0.25) is 0 Å². The maximum absolute atomic E-state index is 11.5. The number of amides is 1. The molecule has 0 aliphatic carbocycles. The highest BCUT2D eigenvalue weighted by Crippen LogP contribution is 2.27. The number of rotatable bonds is 19. The normalized spacial score (nSPS) is 21.7. The summed E-state index contributed by atoms with van der Waals surface area (Å²) in [5.74, 6) is 0.0592. The van der Waals surface area contributed by atoms with Crippen LogP contribution in [0.25, 0.3) is 0 Å². The maximum Gasteiger partial charge on any atom is 0.221 e. The Kier molecular flexibility index (Phi) is 15.6. The molecule has 31 heavy (non-hydrogen) atoms. The van der Waals surface area contributed by atoms with Gasteiger partial charge in [-0.3, -0.25) is 9.28 Å². The average molecular weight is 435 g/mol. The van der Waals surface area contributed by atoms with Crippen LogP contribution in [0, 0.1) is 0 Å². The number of quaternary nitrogens is 1. The van der Waals surface area contributed by atoms with Gasteiger partial charge in [0.25, 0.3) is 0 Å². The van der Waals surface area contributed by atoms with E-state index >= 15 is 0 Å². The summed E-state index contributed by atoms with van der Waals surface area (Å²) in [5.41, 5.74) is 0. The van der Waals surface area contributed by atoms with E-state index in [1.165, 1.54) is 89.9 Å². The molecule has 1 heterocycles. The SMILES string of the molecule is CC/C=C/CCCCCCCCCCCCCCC1N=CC[N+]1(CC)C(C)NC(C)=O. The molecule has 0 bridgehead atoms. The van der Waals surface area contributed by atoms with Gasteiger partial charge in [-0.1, -0.05) is 83.3 Å². The number of hydrogen-bond acceptors (Lipinski definition) is 2. The van der Waals surface area contributed by atoms with Crippen LogP contribution in [0.1, 0.15) is 124 Å². The lowest BCUT2D eigenvalue weighted by Gasteiger charge is -2.42. The molecular formula is C27H52N3O+. The second-order valence-corrected chi connectivity index (χ2v) is 9.49. The van der Waals surface area contributed by atoms with Gasteiger partial charge in [0, 0.05) is 20.3 Å². The first kappa shape index (κ1) is 27.9. The van der Waals surface area contributed by atoms with Gasteiger partial charge < -0.3 is 5.32 Å². The number of aliphatic imine (C=N–C) groups is 1. The van der Waals surface area contributed by atoms with Gasteiger partial charge in [0.1, 0.15) is 6.54 Å². The van der Waals surface area contributed by atoms with Crippen molar-refractivity contribution in [2.45, 2.75) is 136 Å². The van der Waals surface area contributed by atoms with Crippen LogP contribution in [0.3, 0.4) is 0 Å². The number of carbonyl (C=O) groups is 1. The van der Waals surface area contributed by atoms with Crippen LogP contribution in [0.5, 0.6) is 0 Å². The molecule has 0 fully saturated rings. The third kappa shape index (κ3) is 11.3. The van der Waals surface area contributed by atoms with Crippen molar-refractivity contribution < 1.29 is 9.28 Å². The minimum atomic E-state index is 0.0592. The Bertz CT molecular complexity index is 517. The summed E-state index contributed by atoms with van der Waals surface area (Å²) in [6.45, 7) is 10.1. The second kappa shape index (κ2) is 17.4. The predicted octanol–water partition coefficient (Wildman–Crippen LogP) is 7.14. The smallest absolute Gasteiger partial charge is 0.221 e. The van der Waals surface area contributed by atoms with E-state index in [2.05, 4.69) is 44.5 Å². The van der Waals surface area contributed by atoms with E-state index in [1.54, 1.807) is 6.92 Å². The zero-order valence-corrected chi connectivity index (χ0v) is 21.2. The molecule has 0 saturated carbocycles. The third-order valence-corrected chi connectivity index (χ3v) is 7.05. The molecule has 0 saturated heterocycles. The largest absolute Gasteiger partial charge is 0.307 e. The van der Waals surface area contributed by atoms with Gasteiger partial charge in [0.05, 0.1) is 12.8 Å². The highest BCUT2D eigenvalue weighted by Gasteiger charge is 2.42. The maximum atomic E-state index is 11.5. The van der Waals surface area contributed by atoms with Gasteiger partial charge in [-0.05, 0) is 32.6 Å². The zero-order valence-electron chi connectivity index (χ0n) is 21.2. The van der Waals surface area contributed by atoms with Crippen LogP contribution >= 0.6 is 0 Å². The van der Waals surface area contributed by atoms with Crippen molar-refractivity contribution in [1.29, 1.82) is 0 Å². The van der Waals surface area contributed by atoms with Crippen molar-refractivity contribution in [2.75, 3.05) is 13.1 Å². The standard InChI is InChI=1S/C27H51N3O/c1-5-7-8-9-10-11-12-13-14-15-16-17-18-19-20-21-22-27-28-23-24-30(27,6-2)25(3)29-26(4)31/h7-8,23,25,27H,5-6,9-22,24H2,1-4H3/p+1/b8-7+. The van der Waals surface area contributed by atoms with Gasteiger partial charge in [0.2, 0.25) is 5.91 Å². The second-order valence-electron chi connectivity index (χ2n) is 9.49. The van der Waals surface area contributed by atoms with E-state index in [-0.39, 0.29) is 12.1 Å². The molecule has 1 rings (SSSR count). The zero-order chi connectivity index (χ0) is 22.8. The molecule has 0 aromatic heterocycles. The summed E-state index contributed by atoms with van der Waals surface area (Å²) in [6.07, 6.45) is 27.3. The fourth-order valence-corrected chi connectivity index (χ4v) is 5.00. The lowest BCUT2D eigenvalue weighted by atomic mass is 10.0. The number of allylic oxidation sites excluding steroid dienone is 2. The molecular weight excluding hydrogens is 382 g/mol. The minimum absolute atomic E-state index is 0.0592. The van der Waals surface area contributed by atoms with Gasteiger partial charge in [0.15, 0.2) is 12.3 Å². The molecule has 0 aromatic rings. The van der Waals surface area contributed by atoms with Gasteiger partial charge >= 0.3 is 0 Å². The van der Waals surface area contributed by atoms with Gasteiger partial charge in [-0.2, -0.15) is 0 Å². The summed E-state index contributed by atoms with van der Waals surface area (Å²) in [7, 11) is 0. The Hall–Kier alpha value is -1.16.